The molecule has 1 aliphatic heterocycles. The SMILES string of the molecule is COc1ccc(CNC(=O)C2(C)CCN(C(=O)c3ccccc3)CC2)cc1. The Morgan fingerprint density at radius 3 is 2.26 bits per heavy atom. The Kier molecular flexibility index (Phi) is 5.79. The molecule has 1 N–H and O–H groups in total. The first-order valence-corrected chi connectivity index (χ1v) is 9.27. The van der Waals surface area contributed by atoms with E-state index in [9.17, 15) is 9.59 Å². The van der Waals surface area contributed by atoms with Gasteiger partial charge in [-0.3, -0.25) is 9.59 Å². The first kappa shape index (κ1) is 19.0. The van der Waals surface area contributed by atoms with Gasteiger partial charge in [0.2, 0.25) is 5.91 Å². The van der Waals surface area contributed by atoms with Gasteiger partial charge in [0.1, 0.15) is 5.75 Å². The number of nitrogens with one attached hydrogen (secondary N) is 1. The van der Waals surface area contributed by atoms with E-state index in [1.165, 1.54) is 0 Å². The summed E-state index contributed by atoms with van der Waals surface area (Å²) in [6.07, 6.45) is 1.33. The highest BCUT2D eigenvalue weighted by atomic mass is 16.5. The second-order valence-electron chi connectivity index (χ2n) is 7.25. The van der Waals surface area contributed by atoms with Gasteiger partial charge in [0.15, 0.2) is 0 Å². The molecule has 0 saturated carbocycles. The average molecular weight is 366 g/mol. The van der Waals surface area contributed by atoms with Crippen LogP contribution in [0.2, 0.25) is 0 Å². The Hall–Kier alpha value is -2.82. The summed E-state index contributed by atoms with van der Waals surface area (Å²) in [5.41, 5.74) is 1.29. The maximum atomic E-state index is 12.7. The van der Waals surface area contributed by atoms with Crippen molar-refractivity contribution < 1.29 is 14.3 Å². The summed E-state index contributed by atoms with van der Waals surface area (Å²) < 4.78 is 5.15. The normalized spacial score (nSPS) is 15.9. The number of benzene rings is 2. The van der Waals surface area contributed by atoms with E-state index in [1.54, 1.807) is 7.11 Å². The summed E-state index contributed by atoms with van der Waals surface area (Å²) in [5.74, 6) is 0.883. The molecule has 0 aliphatic carbocycles. The molecule has 27 heavy (non-hydrogen) atoms. The highest BCUT2D eigenvalue weighted by molar-refractivity contribution is 5.94. The van der Waals surface area contributed by atoms with Gasteiger partial charge in [0.25, 0.3) is 5.91 Å². The van der Waals surface area contributed by atoms with Crippen LogP contribution < -0.4 is 10.1 Å². The minimum absolute atomic E-state index is 0.0382. The standard InChI is InChI=1S/C22H26N2O3/c1-22(21(26)23-16-17-8-10-19(27-2)11-9-17)12-14-24(15-13-22)20(25)18-6-4-3-5-7-18/h3-11H,12-16H2,1-2H3,(H,23,26). The molecule has 1 saturated heterocycles. The number of carbonyl (C=O) groups is 2. The molecular weight excluding hydrogens is 340 g/mol. The summed E-state index contributed by atoms with van der Waals surface area (Å²) in [4.78, 5) is 27.1. The zero-order valence-electron chi connectivity index (χ0n) is 15.9. The minimum Gasteiger partial charge on any atom is -0.497 e. The molecule has 2 aromatic carbocycles. The number of methoxy groups -OCH3 is 1. The van der Waals surface area contributed by atoms with Gasteiger partial charge in [0.05, 0.1) is 7.11 Å². The molecule has 0 radical (unpaired) electrons. The maximum Gasteiger partial charge on any atom is 0.253 e. The van der Waals surface area contributed by atoms with Gasteiger partial charge in [-0.2, -0.15) is 0 Å². The van der Waals surface area contributed by atoms with Crippen molar-refractivity contribution in [1.29, 1.82) is 0 Å². The molecule has 5 heteroatoms. The molecule has 3 rings (SSSR count). The lowest BCUT2D eigenvalue weighted by Gasteiger charge is -2.38. The van der Waals surface area contributed by atoms with Crippen molar-refractivity contribution in [2.45, 2.75) is 26.3 Å². The summed E-state index contributed by atoms with van der Waals surface area (Å²) >= 11 is 0. The van der Waals surface area contributed by atoms with Crippen LogP contribution in [0.3, 0.4) is 0 Å². The van der Waals surface area contributed by atoms with E-state index in [0.29, 0.717) is 38.0 Å². The number of carbonyl (C=O) groups excluding carboxylic acids is 2. The number of ether oxygens (including phenoxy) is 1. The van der Waals surface area contributed by atoms with Crippen molar-refractivity contribution in [2.24, 2.45) is 5.41 Å². The zero-order chi connectivity index (χ0) is 19.3. The molecule has 0 unspecified atom stereocenters. The summed E-state index contributed by atoms with van der Waals surface area (Å²) in [7, 11) is 1.63. The topological polar surface area (TPSA) is 58.6 Å². The van der Waals surface area contributed by atoms with E-state index in [0.717, 1.165) is 11.3 Å². The van der Waals surface area contributed by atoms with Crippen molar-refractivity contribution in [3.8, 4) is 5.75 Å². The van der Waals surface area contributed by atoms with Crippen molar-refractivity contribution in [3.63, 3.8) is 0 Å². The molecule has 0 bridgehead atoms. The van der Waals surface area contributed by atoms with Gasteiger partial charge in [-0.1, -0.05) is 37.3 Å². The van der Waals surface area contributed by atoms with Crippen LogP contribution in [0.15, 0.2) is 54.6 Å². The van der Waals surface area contributed by atoms with Gasteiger partial charge < -0.3 is 15.0 Å². The largest absolute Gasteiger partial charge is 0.497 e. The molecule has 0 atom stereocenters. The van der Waals surface area contributed by atoms with E-state index in [4.69, 9.17) is 4.74 Å². The first-order chi connectivity index (χ1) is 13.0. The van der Waals surface area contributed by atoms with Crippen LogP contribution in [0.4, 0.5) is 0 Å². The Balaban J connectivity index is 1.53. The van der Waals surface area contributed by atoms with Crippen molar-refractivity contribution >= 4 is 11.8 Å². The summed E-state index contributed by atoms with van der Waals surface area (Å²) in [6, 6.07) is 17.0. The minimum atomic E-state index is -0.445. The molecule has 1 heterocycles. The highest BCUT2D eigenvalue weighted by Gasteiger charge is 2.38. The van der Waals surface area contributed by atoms with Gasteiger partial charge in [-0.15, -0.1) is 0 Å². The zero-order valence-corrected chi connectivity index (χ0v) is 15.9. The third kappa shape index (κ3) is 4.48. The quantitative estimate of drug-likeness (QED) is 0.884. The monoisotopic (exact) mass is 366 g/mol. The molecule has 142 valence electrons. The van der Waals surface area contributed by atoms with Crippen molar-refractivity contribution in [1.82, 2.24) is 10.2 Å². The predicted octanol–water partition coefficient (Wildman–Crippen LogP) is 3.25. The number of nitrogens with zero attached hydrogens (tertiary/aromatic N) is 1. The third-order valence-electron chi connectivity index (χ3n) is 5.34. The molecule has 1 fully saturated rings. The Morgan fingerprint density at radius 2 is 1.67 bits per heavy atom. The first-order valence-electron chi connectivity index (χ1n) is 9.27. The van der Waals surface area contributed by atoms with Crippen LogP contribution in [0, 0.1) is 5.41 Å². The number of rotatable bonds is 5. The van der Waals surface area contributed by atoms with Crippen LogP contribution in [0.5, 0.6) is 5.75 Å². The number of hydrogen-bond donors (Lipinski definition) is 1. The van der Waals surface area contributed by atoms with E-state index in [1.807, 2.05) is 66.4 Å². The smallest absolute Gasteiger partial charge is 0.253 e. The van der Waals surface area contributed by atoms with Crippen molar-refractivity contribution in [3.05, 3.63) is 65.7 Å². The Bertz CT molecular complexity index is 779. The molecule has 2 aromatic rings. The van der Waals surface area contributed by atoms with E-state index in [-0.39, 0.29) is 11.8 Å². The Labute approximate surface area is 160 Å². The molecular formula is C22H26N2O3. The van der Waals surface area contributed by atoms with E-state index < -0.39 is 5.41 Å². The fourth-order valence-corrected chi connectivity index (χ4v) is 3.33. The number of piperidine rings is 1. The van der Waals surface area contributed by atoms with Gasteiger partial charge >= 0.3 is 0 Å². The molecule has 2 amide bonds. The maximum absolute atomic E-state index is 12.7. The molecule has 0 aromatic heterocycles. The lowest BCUT2D eigenvalue weighted by molar-refractivity contribution is -0.132. The van der Waals surface area contributed by atoms with Crippen LogP contribution >= 0.6 is 0 Å². The predicted molar refractivity (Wildman–Crippen MR) is 105 cm³/mol. The second-order valence-corrected chi connectivity index (χ2v) is 7.25. The number of amides is 2. The van der Waals surface area contributed by atoms with Crippen molar-refractivity contribution in [2.75, 3.05) is 20.2 Å². The van der Waals surface area contributed by atoms with Crippen LogP contribution in [-0.2, 0) is 11.3 Å². The second kappa shape index (κ2) is 8.25. The third-order valence-corrected chi connectivity index (χ3v) is 5.34. The van der Waals surface area contributed by atoms with Gasteiger partial charge in [-0.25, -0.2) is 0 Å². The summed E-state index contributed by atoms with van der Waals surface area (Å²) in [5, 5.41) is 3.04. The number of hydrogen-bond acceptors (Lipinski definition) is 3. The fraction of sp³-hybridized carbons (Fsp3) is 0.364. The van der Waals surface area contributed by atoms with E-state index >= 15 is 0 Å². The summed E-state index contributed by atoms with van der Waals surface area (Å²) in [6.45, 7) is 3.67. The van der Waals surface area contributed by atoms with Gasteiger partial charge in [-0.05, 0) is 42.7 Å². The Morgan fingerprint density at radius 1 is 1.04 bits per heavy atom. The van der Waals surface area contributed by atoms with Crippen LogP contribution in [0.25, 0.3) is 0 Å². The fourth-order valence-electron chi connectivity index (χ4n) is 3.33. The average Bonchev–Trinajstić information content (AvgIpc) is 2.73. The molecule has 1 aliphatic rings. The lowest BCUT2D eigenvalue weighted by atomic mass is 9.79. The number of likely N-dealkylation sites (tertiary alicyclic amines) is 1. The van der Waals surface area contributed by atoms with E-state index in [2.05, 4.69) is 5.32 Å². The van der Waals surface area contributed by atoms with Gasteiger partial charge in [0, 0.05) is 30.6 Å². The van der Waals surface area contributed by atoms with Crippen LogP contribution in [-0.4, -0.2) is 36.9 Å². The molecule has 5 nitrogen and oxygen atoms in total. The lowest BCUT2D eigenvalue weighted by Crippen LogP contribution is -2.48. The molecule has 0 spiro atoms. The van der Waals surface area contributed by atoms with Crippen LogP contribution in [0.1, 0.15) is 35.7 Å². The highest BCUT2D eigenvalue weighted by Crippen LogP contribution is 2.31.